The summed E-state index contributed by atoms with van der Waals surface area (Å²) in [5.41, 5.74) is 0. The van der Waals surface area contributed by atoms with E-state index in [2.05, 4.69) is 43.4 Å². The normalized spacial score (nSPS) is 17.7. The molecule has 0 saturated carbocycles. The van der Waals surface area contributed by atoms with Gasteiger partial charge in [0.2, 0.25) is 5.91 Å². The smallest absolute Gasteiger partial charge is 0.326 e. The van der Waals surface area contributed by atoms with Crippen LogP contribution in [0.4, 0.5) is 0 Å². The Labute approximate surface area is 165 Å². The van der Waals surface area contributed by atoms with Crippen molar-refractivity contribution in [1.29, 1.82) is 0 Å². The van der Waals surface area contributed by atoms with E-state index in [1.165, 1.54) is 25.7 Å². The molecule has 27 heavy (non-hydrogen) atoms. The molecule has 4 nitrogen and oxygen atoms in total. The number of nitrogens with zero attached hydrogens (tertiary/aromatic N) is 1. The highest BCUT2D eigenvalue weighted by atomic mass is 16.4. The van der Waals surface area contributed by atoms with E-state index in [4.69, 9.17) is 5.11 Å². The SMILES string of the molecule is CCCCC/C=C\C/C=C\C/C=C\CCCCC(=O)N1CCC[C@H]1C(=O)O. The monoisotopic (exact) mass is 375 g/mol. The number of aliphatic carboxylic acids is 1. The van der Waals surface area contributed by atoms with E-state index >= 15 is 0 Å². The molecular weight excluding hydrogens is 338 g/mol. The number of carbonyl (C=O) groups excluding carboxylic acids is 1. The zero-order valence-corrected chi connectivity index (χ0v) is 16.9. The Morgan fingerprint density at radius 2 is 1.52 bits per heavy atom. The molecule has 4 heteroatoms. The largest absolute Gasteiger partial charge is 0.480 e. The third-order valence-corrected chi connectivity index (χ3v) is 4.89. The standard InChI is InChI=1S/C23H37NO3/c1-2-3-4-5-6-7-8-9-10-11-12-13-14-15-16-19-22(25)24-20-17-18-21(24)23(26)27/h6-7,9-10,12-13,21H,2-5,8,11,14-20H2,1H3,(H,26,27)/b7-6-,10-9-,13-12-/t21-/m0/s1. The number of likely N-dealkylation sites (tertiary alicyclic amines) is 1. The number of hydrogen-bond acceptors (Lipinski definition) is 2. The predicted molar refractivity (Wildman–Crippen MR) is 112 cm³/mol. The number of carboxylic acids is 1. The van der Waals surface area contributed by atoms with E-state index < -0.39 is 12.0 Å². The summed E-state index contributed by atoms with van der Waals surface area (Å²) >= 11 is 0. The summed E-state index contributed by atoms with van der Waals surface area (Å²) in [4.78, 5) is 24.8. The van der Waals surface area contributed by atoms with Crippen LogP contribution in [0.1, 0.15) is 84.0 Å². The van der Waals surface area contributed by atoms with Gasteiger partial charge in [-0.3, -0.25) is 4.79 Å². The molecule has 1 N–H and O–H groups in total. The van der Waals surface area contributed by atoms with E-state index in [1.807, 2.05) is 0 Å². The van der Waals surface area contributed by atoms with Gasteiger partial charge in [0, 0.05) is 13.0 Å². The lowest BCUT2D eigenvalue weighted by atomic mass is 10.1. The minimum atomic E-state index is -0.871. The van der Waals surface area contributed by atoms with Crippen LogP contribution in [0.5, 0.6) is 0 Å². The third kappa shape index (κ3) is 10.8. The first-order valence-corrected chi connectivity index (χ1v) is 10.6. The van der Waals surface area contributed by atoms with Crippen LogP contribution < -0.4 is 0 Å². The summed E-state index contributed by atoms with van der Waals surface area (Å²) in [7, 11) is 0. The van der Waals surface area contributed by atoms with Crippen LogP contribution in [0.2, 0.25) is 0 Å². The van der Waals surface area contributed by atoms with Crippen molar-refractivity contribution >= 4 is 11.9 Å². The second-order valence-electron chi connectivity index (χ2n) is 7.21. The molecule has 0 bridgehead atoms. The van der Waals surface area contributed by atoms with E-state index in [9.17, 15) is 9.59 Å². The number of amides is 1. The Balaban J connectivity index is 2.00. The highest BCUT2D eigenvalue weighted by Gasteiger charge is 2.33. The first-order valence-electron chi connectivity index (χ1n) is 10.6. The van der Waals surface area contributed by atoms with Crippen molar-refractivity contribution in [2.45, 2.75) is 90.0 Å². The van der Waals surface area contributed by atoms with Gasteiger partial charge in [-0.2, -0.15) is 0 Å². The van der Waals surface area contributed by atoms with Gasteiger partial charge >= 0.3 is 5.97 Å². The van der Waals surface area contributed by atoms with Crippen LogP contribution in [-0.2, 0) is 9.59 Å². The van der Waals surface area contributed by atoms with Crippen molar-refractivity contribution in [2.24, 2.45) is 0 Å². The fraction of sp³-hybridized carbons (Fsp3) is 0.652. The number of hydrogen-bond donors (Lipinski definition) is 1. The summed E-state index contributed by atoms with van der Waals surface area (Å²) in [6, 6.07) is -0.602. The average molecular weight is 376 g/mol. The van der Waals surface area contributed by atoms with Crippen molar-refractivity contribution < 1.29 is 14.7 Å². The lowest BCUT2D eigenvalue weighted by Crippen LogP contribution is -2.40. The zero-order chi connectivity index (χ0) is 19.7. The molecule has 1 atom stereocenters. The number of carboxylic acid groups (broad SMARTS) is 1. The molecule has 0 radical (unpaired) electrons. The van der Waals surface area contributed by atoms with E-state index in [1.54, 1.807) is 4.90 Å². The average Bonchev–Trinajstić information content (AvgIpc) is 3.15. The van der Waals surface area contributed by atoms with Gasteiger partial charge in [-0.15, -0.1) is 0 Å². The van der Waals surface area contributed by atoms with Gasteiger partial charge < -0.3 is 10.0 Å². The fourth-order valence-electron chi connectivity index (χ4n) is 3.29. The molecule has 0 aromatic heterocycles. The van der Waals surface area contributed by atoms with E-state index in [0.29, 0.717) is 19.4 Å². The predicted octanol–water partition coefficient (Wildman–Crippen LogP) is 5.65. The molecule has 1 heterocycles. The van der Waals surface area contributed by atoms with Crippen LogP contribution >= 0.6 is 0 Å². The number of carbonyl (C=O) groups is 2. The second-order valence-corrected chi connectivity index (χ2v) is 7.21. The van der Waals surface area contributed by atoms with Crippen LogP contribution in [0, 0.1) is 0 Å². The first-order chi connectivity index (χ1) is 13.2. The molecule has 0 aliphatic carbocycles. The number of rotatable bonds is 14. The lowest BCUT2D eigenvalue weighted by molar-refractivity contribution is -0.148. The maximum Gasteiger partial charge on any atom is 0.326 e. The minimum absolute atomic E-state index is 0.00504. The Hall–Kier alpha value is -1.84. The molecule has 0 spiro atoms. The van der Waals surface area contributed by atoms with Crippen LogP contribution in [0.3, 0.4) is 0 Å². The number of allylic oxidation sites excluding steroid dienone is 6. The first kappa shape index (κ1) is 23.2. The van der Waals surface area contributed by atoms with Gasteiger partial charge in [-0.25, -0.2) is 4.79 Å². The second kappa shape index (κ2) is 15.2. The summed E-state index contributed by atoms with van der Waals surface area (Å²) in [6.45, 7) is 2.82. The van der Waals surface area contributed by atoms with E-state index in [-0.39, 0.29) is 5.91 Å². The van der Waals surface area contributed by atoms with Crippen molar-refractivity contribution in [3.63, 3.8) is 0 Å². The van der Waals surface area contributed by atoms with Gasteiger partial charge in [0.25, 0.3) is 0 Å². The molecule has 152 valence electrons. The lowest BCUT2D eigenvalue weighted by Gasteiger charge is -2.21. The topological polar surface area (TPSA) is 57.6 Å². The number of unbranched alkanes of at least 4 members (excludes halogenated alkanes) is 5. The van der Waals surface area contributed by atoms with Crippen LogP contribution in [-0.4, -0.2) is 34.5 Å². The van der Waals surface area contributed by atoms with Gasteiger partial charge in [0.1, 0.15) is 6.04 Å². The van der Waals surface area contributed by atoms with Crippen molar-refractivity contribution in [3.05, 3.63) is 36.5 Å². The van der Waals surface area contributed by atoms with Gasteiger partial charge in [0.15, 0.2) is 0 Å². The Kier molecular flexibility index (Phi) is 13.1. The molecule has 0 aromatic rings. The van der Waals surface area contributed by atoms with Crippen LogP contribution in [0.15, 0.2) is 36.5 Å². The summed E-state index contributed by atoms with van der Waals surface area (Å²) in [6.07, 6.45) is 24.9. The summed E-state index contributed by atoms with van der Waals surface area (Å²) < 4.78 is 0. The van der Waals surface area contributed by atoms with Crippen LogP contribution in [0.25, 0.3) is 0 Å². The molecule has 1 aliphatic rings. The summed E-state index contributed by atoms with van der Waals surface area (Å²) in [5.74, 6) is -0.876. The molecule has 0 unspecified atom stereocenters. The minimum Gasteiger partial charge on any atom is -0.480 e. The highest BCUT2D eigenvalue weighted by molar-refractivity contribution is 5.84. The zero-order valence-electron chi connectivity index (χ0n) is 16.9. The Morgan fingerprint density at radius 3 is 2.11 bits per heavy atom. The molecule has 1 aliphatic heterocycles. The molecule has 0 aromatic carbocycles. The molecule has 1 saturated heterocycles. The molecule has 1 rings (SSSR count). The van der Waals surface area contributed by atoms with Crippen molar-refractivity contribution in [3.8, 4) is 0 Å². The van der Waals surface area contributed by atoms with Gasteiger partial charge in [-0.1, -0.05) is 56.2 Å². The molecular formula is C23H37NO3. The van der Waals surface area contributed by atoms with Crippen molar-refractivity contribution in [1.82, 2.24) is 4.90 Å². The van der Waals surface area contributed by atoms with Gasteiger partial charge in [0.05, 0.1) is 0 Å². The highest BCUT2D eigenvalue weighted by Crippen LogP contribution is 2.19. The van der Waals surface area contributed by atoms with Crippen molar-refractivity contribution in [2.75, 3.05) is 6.54 Å². The van der Waals surface area contributed by atoms with E-state index in [0.717, 1.165) is 38.5 Å². The summed E-state index contributed by atoms with van der Waals surface area (Å²) in [5, 5.41) is 9.12. The maximum atomic E-state index is 12.1. The van der Waals surface area contributed by atoms with Gasteiger partial charge in [-0.05, 0) is 57.8 Å². The Bertz CT molecular complexity index is 508. The fourth-order valence-corrected chi connectivity index (χ4v) is 3.29. The maximum absolute atomic E-state index is 12.1. The Morgan fingerprint density at radius 1 is 0.926 bits per heavy atom. The third-order valence-electron chi connectivity index (χ3n) is 4.89. The quantitative estimate of drug-likeness (QED) is 0.315. The molecule has 1 amide bonds. The molecule has 1 fully saturated rings.